The van der Waals surface area contributed by atoms with E-state index in [1.54, 1.807) is 0 Å². The van der Waals surface area contributed by atoms with Gasteiger partial charge in [0.15, 0.2) is 5.78 Å². The quantitative estimate of drug-likeness (QED) is 0.801. The third-order valence-corrected chi connectivity index (χ3v) is 4.39. The van der Waals surface area contributed by atoms with Gasteiger partial charge in [-0.1, -0.05) is 0 Å². The molecule has 0 atom stereocenters. The van der Waals surface area contributed by atoms with E-state index in [2.05, 4.69) is 21.2 Å². The first kappa shape index (κ1) is 12.2. The number of ketones is 1. The fourth-order valence-electron chi connectivity index (χ4n) is 2.84. The van der Waals surface area contributed by atoms with Gasteiger partial charge in [-0.3, -0.25) is 4.79 Å². The normalized spacial score (nSPS) is 21.6. The van der Waals surface area contributed by atoms with E-state index in [0.717, 1.165) is 47.3 Å². The number of aryl methyl sites for hydroxylation is 1. The van der Waals surface area contributed by atoms with Gasteiger partial charge in [-0.15, -0.1) is 0 Å². The Morgan fingerprint density at radius 3 is 2.78 bits per heavy atom. The van der Waals surface area contributed by atoms with Crippen LogP contribution >= 0.6 is 15.9 Å². The smallest absolute Gasteiger partial charge is 0.170 e. The van der Waals surface area contributed by atoms with Crippen molar-refractivity contribution in [3.63, 3.8) is 0 Å². The first-order chi connectivity index (χ1) is 8.60. The molecule has 0 radical (unpaired) electrons. The predicted molar refractivity (Wildman–Crippen MR) is 73.3 cm³/mol. The van der Waals surface area contributed by atoms with Crippen LogP contribution in [0, 0.1) is 6.92 Å². The third kappa shape index (κ3) is 1.97. The van der Waals surface area contributed by atoms with Gasteiger partial charge in [0, 0.05) is 12.8 Å². The molecule has 0 aliphatic carbocycles. The van der Waals surface area contributed by atoms with Crippen molar-refractivity contribution in [1.29, 1.82) is 0 Å². The number of Topliss-reactive ketones (excluding diaryl/α,β-unsaturated/α-hetero) is 1. The Hall–Kier alpha value is -0.870. The second kappa shape index (κ2) is 4.35. The van der Waals surface area contributed by atoms with Crippen LogP contribution in [-0.4, -0.2) is 24.5 Å². The second-order valence-electron chi connectivity index (χ2n) is 5.26. The van der Waals surface area contributed by atoms with Gasteiger partial charge in [-0.05, 0) is 53.6 Å². The molecule has 1 saturated heterocycles. The summed E-state index contributed by atoms with van der Waals surface area (Å²) in [5.74, 6) is 0.946. The van der Waals surface area contributed by atoms with Gasteiger partial charge in [0.1, 0.15) is 11.4 Å². The molecule has 0 aromatic heterocycles. The molecule has 0 amide bonds. The molecular weight excluding hydrogens is 294 g/mol. The molecule has 3 rings (SSSR count). The number of fused-ring (bicyclic) bond motifs is 1. The summed E-state index contributed by atoms with van der Waals surface area (Å²) in [7, 11) is 0. The number of carbonyl (C=O) groups excluding carboxylic acids is 1. The molecule has 96 valence electrons. The van der Waals surface area contributed by atoms with Crippen molar-refractivity contribution >= 4 is 21.7 Å². The van der Waals surface area contributed by atoms with Crippen LogP contribution < -0.4 is 10.1 Å². The number of halogens is 1. The van der Waals surface area contributed by atoms with Crippen molar-refractivity contribution in [1.82, 2.24) is 5.32 Å². The van der Waals surface area contributed by atoms with E-state index in [1.807, 2.05) is 19.1 Å². The number of nitrogens with one attached hydrogen (secondary N) is 1. The van der Waals surface area contributed by atoms with Crippen molar-refractivity contribution in [2.24, 2.45) is 0 Å². The van der Waals surface area contributed by atoms with Crippen LogP contribution in [0.4, 0.5) is 0 Å². The third-order valence-electron chi connectivity index (χ3n) is 3.80. The van der Waals surface area contributed by atoms with Gasteiger partial charge in [0.2, 0.25) is 0 Å². The molecule has 0 saturated carbocycles. The van der Waals surface area contributed by atoms with Crippen molar-refractivity contribution < 1.29 is 9.53 Å². The molecule has 18 heavy (non-hydrogen) atoms. The fraction of sp³-hybridized carbons (Fsp3) is 0.500. The summed E-state index contributed by atoms with van der Waals surface area (Å²) in [6.07, 6.45) is 2.31. The highest BCUT2D eigenvalue weighted by Gasteiger charge is 2.42. The molecular formula is C14H16BrNO2. The molecule has 2 heterocycles. The molecule has 4 heteroatoms. The Labute approximate surface area is 115 Å². The van der Waals surface area contributed by atoms with Crippen molar-refractivity contribution in [2.75, 3.05) is 13.1 Å². The van der Waals surface area contributed by atoms with Gasteiger partial charge in [0.05, 0.1) is 16.5 Å². The van der Waals surface area contributed by atoms with Crippen LogP contribution in [0.25, 0.3) is 0 Å². The lowest BCUT2D eigenvalue weighted by Gasteiger charge is -2.41. The Balaban J connectivity index is 2.04. The first-order valence-electron chi connectivity index (χ1n) is 6.33. The van der Waals surface area contributed by atoms with E-state index in [4.69, 9.17) is 4.74 Å². The monoisotopic (exact) mass is 309 g/mol. The summed E-state index contributed by atoms with van der Waals surface area (Å²) < 4.78 is 7.10. The van der Waals surface area contributed by atoms with E-state index < -0.39 is 0 Å². The van der Waals surface area contributed by atoms with Crippen LogP contribution in [0.3, 0.4) is 0 Å². The summed E-state index contributed by atoms with van der Waals surface area (Å²) >= 11 is 3.52. The Morgan fingerprint density at radius 2 is 2.06 bits per heavy atom. The summed E-state index contributed by atoms with van der Waals surface area (Å²) in [5.41, 5.74) is 1.53. The number of hydrogen-bond donors (Lipinski definition) is 1. The number of benzene rings is 1. The highest BCUT2D eigenvalue weighted by atomic mass is 79.9. The topological polar surface area (TPSA) is 38.3 Å². The maximum absolute atomic E-state index is 12.3. The zero-order valence-corrected chi connectivity index (χ0v) is 12.0. The molecule has 1 N–H and O–H groups in total. The van der Waals surface area contributed by atoms with Gasteiger partial charge in [0.25, 0.3) is 0 Å². The van der Waals surface area contributed by atoms with Crippen molar-refractivity contribution in [3.05, 3.63) is 27.7 Å². The molecule has 3 nitrogen and oxygen atoms in total. The molecule has 0 unspecified atom stereocenters. The lowest BCUT2D eigenvalue weighted by atomic mass is 9.83. The lowest BCUT2D eigenvalue weighted by Crippen LogP contribution is -2.49. The van der Waals surface area contributed by atoms with Gasteiger partial charge in [-0.25, -0.2) is 0 Å². The molecule has 2 aliphatic rings. The summed E-state index contributed by atoms with van der Waals surface area (Å²) in [6, 6.07) is 3.93. The molecule has 1 aromatic rings. The van der Waals surface area contributed by atoms with Gasteiger partial charge >= 0.3 is 0 Å². The zero-order valence-electron chi connectivity index (χ0n) is 10.4. The van der Waals surface area contributed by atoms with E-state index in [0.29, 0.717) is 6.42 Å². The minimum Gasteiger partial charge on any atom is -0.485 e. The summed E-state index contributed by atoms with van der Waals surface area (Å²) in [6.45, 7) is 3.84. The number of rotatable bonds is 0. The van der Waals surface area contributed by atoms with Gasteiger partial charge < -0.3 is 10.1 Å². The van der Waals surface area contributed by atoms with E-state index in [1.165, 1.54) is 0 Å². The van der Waals surface area contributed by atoms with E-state index in [-0.39, 0.29) is 11.4 Å². The predicted octanol–water partition coefficient (Wildman–Crippen LogP) is 2.84. The standard InChI is InChI=1S/C14H16BrNO2/c1-9-6-10-12(17)8-14(2-4-16-5-3-14)18-13(10)11(15)7-9/h6-7,16H,2-5,8H2,1H3. The fourth-order valence-corrected chi connectivity index (χ4v) is 3.50. The molecule has 0 bridgehead atoms. The summed E-state index contributed by atoms with van der Waals surface area (Å²) in [4.78, 5) is 12.3. The van der Waals surface area contributed by atoms with Crippen LogP contribution in [0.5, 0.6) is 5.75 Å². The van der Waals surface area contributed by atoms with Gasteiger partial charge in [-0.2, -0.15) is 0 Å². The highest BCUT2D eigenvalue weighted by Crippen LogP contribution is 2.42. The maximum Gasteiger partial charge on any atom is 0.170 e. The molecule has 1 spiro atoms. The Kier molecular flexibility index (Phi) is 2.94. The van der Waals surface area contributed by atoms with Crippen LogP contribution in [0.1, 0.15) is 35.2 Å². The average molecular weight is 310 g/mol. The minimum absolute atomic E-state index is 0.211. The van der Waals surface area contributed by atoms with E-state index >= 15 is 0 Å². The van der Waals surface area contributed by atoms with Crippen molar-refractivity contribution in [3.8, 4) is 5.75 Å². The lowest BCUT2D eigenvalue weighted by molar-refractivity contribution is 0.0181. The second-order valence-corrected chi connectivity index (χ2v) is 6.11. The van der Waals surface area contributed by atoms with Crippen LogP contribution in [0.2, 0.25) is 0 Å². The van der Waals surface area contributed by atoms with E-state index in [9.17, 15) is 4.79 Å². The first-order valence-corrected chi connectivity index (χ1v) is 7.12. The van der Waals surface area contributed by atoms with Crippen molar-refractivity contribution in [2.45, 2.75) is 31.8 Å². The largest absolute Gasteiger partial charge is 0.485 e. The zero-order chi connectivity index (χ0) is 12.8. The average Bonchev–Trinajstić information content (AvgIpc) is 2.32. The molecule has 1 fully saturated rings. The maximum atomic E-state index is 12.3. The number of carbonyl (C=O) groups is 1. The Morgan fingerprint density at radius 1 is 1.33 bits per heavy atom. The van der Waals surface area contributed by atoms with Crippen LogP contribution in [-0.2, 0) is 0 Å². The number of piperidine rings is 1. The minimum atomic E-state index is -0.285. The van der Waals surface area contributed by atoms with Crippen LogP contribution in [0.15, 0.2) is 16.6 Å². The highest BCUT2D eigenvalue weighted by molar-refractivity contribution is 9.10. The number of hydrogen-bond acceptors (Lipinski definition) is 3. The molecule has 1 aromatic carbocycles. The number of ether oxygens (including phenoxy) is 1. The SMILES string of the molecule is Cc1cc(Br)c2c(c1)C(=O)CC1(CCNCC1)O2. The molecule has 2 aliphatic heterocycles. The Bertz CT molecular complexity index is 507. The summed E-state index contributed by atoms with van der Waals surface area (Å²) in [5, 5.41) is 3.32.